The van der Waals surface area contributed by atoms with Gasteiger partial charge in [0.15, 0.2) is 0 Å². The van der Waals surface area contributed by atoms with Crippen molar-refractivity contribution in [3.8, 4) is 0 Å². The lowest BCUT2D eigenvalue weighted by Gasteiger charge is -2.14. The van der Waals surface area contributed by atoms with Gasteiger partial charge in [-0.15, -0.1) is 0 Å². The van der Waals surface area contributed by atoms with E-state index in [0.29, 0.717) is 11.3 Å². The van der Waals surface area contributed by atoms with Crippen LogP contribution >= 0.6 is 0 Å². The Hall–Kier alpha value is -3.12. The molecule has 0 atom stereocenters. The number of sulfonamides is 1. The molecule has 0 saturated carbocycles. The fourth-order valence-electron chi connectivity index (χ4n) is 2.94. The van der Waals surface area contributed by atoms with Gasteiger partial charge in [0.25, 0.3) is 15.9 Å². The Morgan fingerprint density at radius 1 is 0.786 bits per heavy atom. The molecule has 3 aromatic rings. The van der Waals surface area contributed by atoms with Crippen molar-refractivity contribution >= 4 is 27.3 Å². The highest BCUT2D eigenvalue weighted by atomic mass is 32.2. The maximum Gasteiger partial charge on any atom is 0.262 e. The number of carbonyl (C=O) groups excluding carboxylic acids is 1. The number of aryl methyl sites for hydroxylation is 3. The van der Waals surface area contributed by atoms with Crippen LogP contribution in [0.3, 0.4) is 0 Å². The van der Waals surface area contributed by atoms with E-state index >= 15 is 0 Å². The van der Waals surface area contributed by atoms with Gasteiger partial charge in [-0.05, 0) is 61.7 Å². The van der Waals surface area contributed by atoms with Crippen LogP contribution in [0, 0.1) is 20.8 Å². The average Bonchev–Trinajstić information content (AvgIpc) is 2.65. The van der Waals surface area contributed by atoms with Crippen molar-refractivity contribution in [2.45, 2.75) is 25.7 Å². The number of para-hydroxylation sites is 2. The summed E-state index contributed by atoms with van der Waals surface area (Å²) in [6, 6.07) is 19.1. The molecule has 0 heterocycles. The molecule has 0 spiro atoms. The van der Waals surface area contributed by atoms with Crippen LogP contribution in [0.4, 0.5) is 11.4 Å². The summed E-state index contributed by atoms with van der Waals surface area (Å²) in [6.45, 7) is 5.53. The van der Waals surface area contributed by atoms with Crippen LogP contribution in [-0.2, 0) is 10.0 Å². The van der Waals surface area contributed by atoms with Gasteiger partial charge >= 0.3 is 0 Å². The van der Waals surface area contributed by atoms with Gasteiger partial charge in [0, 0.05) is 16.9 Å². The summed E-state index contributed by atoms with van der Waals surface area (Å²) in [4.78, 5) is 12.8. The molecule has 0 aliphatic heterocycles. The maximum atomic E-state index is 12.8. The van der Waals surface area contributed by atoms with Crippen molar-refractivity contribution < 1.29 is 13.2 Å². The SMILES string of the molecule is Cc1ccc(C(=O)Nc2c(C)cccc2C)cc1S(=O)(=O)Nc1ccccc1. The van der Waals surface area contributed by atoms with Gasteiger partial charge < -0.3 is 5.32 Å². The van der Waals surface area contributed by atoms with E-state index in [1.807, 2.05) is 38.1 Å². The molecule has 0 unspecified atom stereocenters. The minimum atomic E-state index is -3.82. The van der Waals surface area contributed by atoms with Gasteiger partial charge in [0.05, 0.1) is 4.90 Å². The zero-order valence-corrected chi connectivity index (χ0v) is 16.8. The van der Waals surface area contributed by atoms with Crippen molar-refractivity contribution in [2.75, 3.05) is 10.0 Å². The smallest absolute Gasteiger partial charge is 0.262 e. The van der Waals surface area contributed by atoms with E-state index in [2.05, 4.69) is 10.0 Å². The number of hydrogen-bond donors (Lipinski definition) is 2. The number of rotatable bonds is 5. The van der Waals surface area contributed by atoms with Gasteiger partial charge in [0.2, 0.25) is 0 Å². The third kappa shape index (κ3) is 4.23. The van der Waals surface area contributed by atoms with E-state index in [0.717, 1.165) is 16.8 Å². The van der Waals surface area contributed by atoms with Crippen LogP contribution in [0.25, 0.3) is 0 Å². The highest BCUT2D eigenvalue weighted by molar-refractivity contribution is 7.92. The standard InChI is InChI=1S/C22H22N2O3S/c1-15-12-13-18(22(25)23-21-16(2)8-7-9-17(21)3)14-20(15)28(26,27)24-19-10-5-4-6-11-19/h4-14,24H,1-3H3,(H,23,25). The molecule has 28 heavy (non-hydrogen) atoms. The van der Waals surface area contributed by atoms with E-state index in [1.165, 1.54) is 6.07 Å². The fourth-order valence-corrected chi connectivity index (χ4v) is 4.27. The van der Waals surface area contributed by atoms with E-state index in [9.17, 15) is 13.2 Å². The van der Waals surface area contributed by atoms with E-state index < -0.39 is 10.0 Å². The topological polar surface area (TPSA) is 75.3 Å². The summed E-state index contributed by atoms with van der Waals surface area (Å²) in [7, 11) is -3.82. The Labute approximate surface area is 165 Å². The second-order valence-corrected chi connectivity index (χ2v) is 8.32. The van der Waals surface area contributed by atoms with Gasteiger partial charge in [-0.2, -0.15) is 0 Å². The average molecular weight is 394 g/mol. The summed E-state index contributed by atoms with van der Waals surface area (Å²) in [5.74, 6) is -0.353. The number of hydrogen-bond acceptors (Lipinski definition) is 3. The van der Waals surface area contributed by atoms with Crippen LogP contribution < -0.4 is 10.0 Å². The Morgan fingerprint density at radius 2 is 1.43 bits per heavy atom. The van der Waals surface area contributed by atoms with Crippen LogP contribution in [-0.4, -0.2) is 14.3 Å². The van der Waals surface area contributed by atoms with Crippen molar-refractivity contribution in [1.29, 1.82) is 0 Å². The summed E-state index contributed by atoms with van der Waals surface area (Å²) in [6.07, 6.45) is 0. The molecule has 3 aromatic carbocycles. The fraction of sp³-hybridized carbons (Fsp3) is 0.136. The molecule has 0 aromatic heterocycles. The molecule has 2 N–H and O–H groups in total. The first-order valence-corrected chi connectivity index (χ1v) is 10.3. The highest BCUT2D eigenvalue weighted by Gasteiger charge is 2.20. The minimum Gasteiger partial charge on any atom is -0.322 e. The molecule has 0 aliphatic carbocycles. The van der Waals surface area contributed by atoms with Crippen molar-refractivity contribution in [3.05, 3.63) is 89.0 Å². The first kappa shape index (κ1) is 19.6. The third-order valence-electron chi connectivity index (χ3n) is 4.49. The molecule has 0 fully saturated rings. The molecular weight excluding hydrogens is 372 g/mol. The molecule has 0 radical (unpaired) electrons. The van der Waals surface area contributed by atoms with Crippen LogP contribution in [0.15, 0.2) is 71.6 Å². The first-order valence-electron chi connectivity index (χ1n) is 8.84. The molecule has 0 saturated heterocycles. The molecular formula is C22H22N2O3S. The quantitative estimate of drug-likeness (QED) is 0.661. The highest BCUT2D eigenvalue weighted by Crippen LogP contribution is 2.23. The second kappa shape index (κ2) is 7.86. The predicted octanol–water partition coefficient (Wildman–Crippen LogP) is 4.66. The molecule has 0 aliphatic rings. The lowest BCUT2D eigenvalue weighted by Crippen LogP contribution is -2.17. The lowest BCUT2D eigenvalue weighted by molar-refractivity contribution is 0.102. The van der Waals surface area contributed by atoms with Crippen LogP contribution in [0.2, 0.25) is 0 Å². The van der Waals surface area contributed by atoms with E-state index in [1.54, 1.807) is 43.3 Å². The van der Waals surface area contributed by atoms with Gasteiger partial charge in [-0.25, -0.2) is 8.42 Å². The third-order valence-corrected chi connectivity index (χ3v) is 6.01. The Morgan fingerprint density at radius 3 is 2.07 bits per heavy atom. The minimum absolute atomic E-state index is 0.0745. The molecule has 3 rings (SSSR count). The summed E-state index contributed by atoms with van der Waals surface area (Å²) in [5.41, 5.74) is 3.93. The van der Waals surface area contributed by atoms with Gasteiger partial charge in [-0.3, -0.25) is 9.52 Å². The van der Waals surface area contributed by atoms with Crippen molar-refractivity contribution in [3.63, 3.8) is 0 Å². The maximum absolute atomic E-state index is 12.8. The van der Waals surface area contributed by atoms with E-state index in [4.69, 9.17) is 0 Å². The van der Waals surface area contributed by atoms with Gasteiger partial charge in [-0.1, -0.05) is 42.5 Å². The molecule has 1 amide bonds. The number of benzene rings is 3. The molecule has 144 valence electrons. The normalized spacial score (nSPS) is 11.1. The predicted molar refractivity (Wildman–Crippen MR) is 112 cm³/mol. The van der Waals surface area contributed by atoms with Crippen molar-refractivity contribution in [1.82, 2.24) is 0 Å². The Bertz CT molecular complexity index is 1100. The molecule has 0 bridgehead atoms. The zero-order valence-electron chi connectivity index (χ0n) is 16.0. The number of nitrogens with one attached hydrogen (secondary N) is 2. The van der Waals surface area contributed by atoms with Crippen molar-refractivity contribution in [2.24, 2.45) is 0 Å². The molecule has 5 nitrogen and oxygen atoms in total. The zero-order chi connectivity index (χ0) is 20.3. The largest absolute Gasteiger partial charge is 0.322 e. The summed E-state index contributed by atoms with van der Waals surface area (Å²) >= 11 is 0. The molecule has 6 heteroatoms. The van der Waals surface area contributed by atoms with Crippen LogP contribution in [0.1, 0.15) is 27.0 Å². The summed E-state index contributed by atoms with van der Waals surface area (Å²) in [5, 5.41) is 2.89. The van der Waals surface area contributed by atoms with Gasteiger partial charge in [0.1, 0.15) is 0 Å². The number of carbonyl (C=O) groups is 1. The first-order chi connectivity index (χ1) is 13.3. The second-order valence-electron chi connectivity index (χ2n) is 6.67. The number of amides is 1. The number of anilines is 2. The summed E-state index contributed by atoms with van der Waals surface area (Å²) < 4.78 is 28.2. The lowest BCUT2D eigenvalue weighted by atomic mass is 10.1. The Balaban J connectivity index is 1.92. The van der Waals surface area contributed by atoms with E-state index in [-0.39, 0.29) is 16.4 Å². The van der Waals surface area contributed by atoms with Crippen LogP contribution in [0.5, 0.6) is 0 Å². The Kier molecular flexibility index (Phi) is 5.51. The monoisotopic (exact) mass is 394 g/mol.